The maximum absolute atomic E-state index is 5.99. The second-order valence-electron chi connectivity index (χ2n) is 7.00. The summed E-state index contributed by atoms with van der Waals surface area (Å²) in [5.74, 6) is 1.34. The fraction of sp³-hybridized carbons (Fsp3) is 0.429. The van der Waals surface area contributed by atoms with Gasteiger partial charge in [-0.25, -0.2) is 0 Å². The lowest BCUT2D eigenvalue weighted by Crippen LogP contribution is -2.39. The van der Waals surface area contributed by atoms with Crippen molar-refractivity contribution in [3.8, 4) is 0 Å². The van der Waals surface area contributed by atoms with Crippen molar-refractivity contribution in [1.29, 1.82) is 0 Å². The number of benzene rings is 2. The quantitative estimate of drug-likeness (QED) is 0.810. The van der Waals surface area contributed by atoms with E-state index in [1.807, 2.05) is 12.1 Å². The van der Waals surface area contributed by atoms with E-state index in [4.69, 9.17) is 11.6 Å². The Kier molecular flexibility index (Phi) is 5.94. The molecule has 4 unspecified atom stereocenters. The van der Waals surface area contributed by atoms with Crippen molar-refractivity contribution in [2.45, 2.75) is 32.4 Å². The van der Waals surface area contributed by atoms with Crippen LogP contribution >= 0.6 is 11.6 Å². The lowest BCUT2D eigenvalue weighted by Gasteiger charge is -2.29. The van der Waals surface area contributed by atoms with Gasteiger partial charge in [0.25, 0.3) is 0 Å². The zero-order valence-corrected chi connectivity index (χ0v) is 15.3. The van der Waals surface area contributed by atoms with Crippen molar-refractivity contribution in [2.75, 3.05) is 13.1 Å². The summed E-state index contributed by atoms with van der Waals surface area (Å²) >= 11 is 5.99. The standard InChI is InChI=1S/C21H27ClN2/c1-15(18-8-10-20(22)11-9-18)24-16(2)21-14-23-13-19(21)12-17-6-4-3-5-7-17/h3-11,15-16,19,21,23-24H,12-14H2,1-2H3. The molecule has 0 radical (unpaired) electrons. The molecule has 2 aromatic carbocycles. The van der Waals surface area contributed by atoms with Crippen molar-refractivity contribution in [3.63, 3.8) is 0 Å². The van der Waals surface area contributed by atoms with E-state index in [0.717, 1.165) is 24.5 Å². The van der Waals surface area contributed by atoms with Gasteiger partial charge in [-0.2, -0.15) is 0 Å². The van der Waals surface area contributed by atoms with Crippen molar-refractivity contribution in [2.24, 2.45) is 11.8 Å². The number of rotatable bonds is 6. The minimum absolute atomic E-state index is 0.329. The van der Waals surface area contributed by atoms with Gasteiger partial charge in [0, 0.05) is 17.1 Å². The third-order valence-corrected chi connectivity index (χ3v) is 5.51. The molecule has 1 fully saturated rings. The van der Waals surface area contributed by atoms with E-state index in [1.54, 1.807) is 0 Å². The van der Waals surface area contributed by atoms with E-state index in [9.17, 15) is 0 Å². The van der Waals surface area contributed by atoms with Crippen LogP contribution in [0, 0.1) is 11.8 Å². The highest BCUT2D eigenvalue weighted by Crippen LogP contribution is 2.26. The van der Waals surface area contributed by atoms with Crippen molar-refractivity contribution >= 4 is 11.6 Å². The van der Waals surface area contributed by atoms with Crippen molar-refractivity contribution in [3.05, 3.63) is 70.7 Å². The van der Waals surface area contributed by atoms with E-state index in [2.05, 4.69) is 66.9 Å². The SMILES string of the molecule is CC(NC(C)C1CNCC1Cc1ccccc1)c1ccc(Cl)cc1. The van der Waals surface area contributed by atoms with Gasteiger partial charge in [-0.05, 0) is 68.5 Å². The smallest absolute Gasteiger partial charge is 0.0406 e. The summed E-state index contributed by atoms with van der Waals surface area (Å²) in [4.78, 5) is 0. The molecule has 24 heavy (non-hydrogen) atoms. The van der Waals surface area contributed by atoms with Gasteiger partial charge in [0.1, 0.15) is 0 Å². The zero-order valence-electron chi connectivity index (χ0n) is 14.5. The van der Waals surface area contributed by atoms with Gasteiger partial charge in [0.05, 0.1) is 0 Å². The molecule has 3 heteroatoms. The van der Waals surface area contributed by atoms with E-state index in [-0.39, 0.29) is 0 Å². The average molecular weight is 343 g/mol. The van der Waals surface area contributed by atoms with Gasteiger partial charge in [0.2, 0.25) is 0 Å². The van der Waals surface area contributed by atoms with Crippen LogP contribution in [-0.2, 0) is 6.42 Å². The molecule has 1 aliphatic heterocycles. The summed E-state index contributed by atoms with van der Waals surface area (Å²) in [5.41, 5.74) is 2.73. The Morgan fingerprint density at radius 3 is 2.46 bits per heavy atom. The molecular weight excluding hydrogens is 316 g/mol. The molecule has 128 valence electrons. The molecule has 0 saturated carbocycles. The first-order valence-electron chi connectivity index (χ1n) is 8.89. The predicted octanol–water partition coefficient (Wildman–Crippen LogP) is 4.46. The van der Waals surface area contributed by atoms with Gasteiger partial charge in [-0.1, -0.05) is 54.1 Å². The van der Waals surface area contributed by atoms with E-state index in [0.29, 0.717) is 23.9 Å². The summed E-state index contributed by atoms with van der Waals surface area (Å²) in [7, 11) is 0. The number of hydrogen-bond donors (Lipinski definition) is 2. The maximum atomic E-state index is 5.99. The first kappa shape index (κ1) is 17.5. The van der Waals surface area contributed by atoms with Gasteiger partial charge in [-0.15, -0.1) is 0 Å². The lowest BCUT2D eigenvalue weighted by atomic mass is 9.85. The minimum Gasteiger partial charge on any atom is -0.316 e. The highest BCUT2D eigenvalue weighted by molar-refractivity contribution is 6.30. The first-order valence-corrected chi connectivity index (χ1v) is 9.27. The van der Waals surface area contributed by atoms with Crippen LogP contribution in [0.3, 0.4) is 0 Å². The van der Waals surface area contributed by atoms with Gasteiger partial charge >= 0.3 is 0 Å². The van der Waals surface area contributed by atoms with Gasteiger partial charge in [0.15, 0.2) is 0 Å². The van der Waals surface area contributed by atoms with Gasteiger partial charge in [-0.3, -0.25) is 0 Å². The van der Waals surface area contributed by atoms with Gasteiger partial charge < -0.3 is 10.6 Å². The van der Waals surface area contributed by atoms with Crippen LogP contribution in [0.4, 0.5) is 0 Å². The molecule has 1 heterocycles. The Hall–Kier alpha value is -1.35. The molecular formula is C21H27ClN2. The highest BCUT2D eigenvalue weighted by Gasteiger charge is 2.31. The fourth-order valence-electron chi connectivity index (χ4n) is 3.84. The van der Waals surface area contributed by atoms with E-state index < -0.39 is 0 Å². The molecule has 0 bridgehead atoms. The number of hydrogen-bond acceptors (Lipinski definition) is 2. The molecule has 3 rings (SSSR count). The van der Waals surface area contributed by atoms with Crippen molar-refractivity contribution in [1.82, 2.24) is 10.6 Å². The Bertz CT molecular complexity index is 626. The van der Waals surface area contributed by atoms with Crippen LogP contribution in [0.25, 0.3) is 0 Å². The van der Waals surface area contributed by atoms with Crippen LogP contribution in [-0.4, -0.2) is 19.1 Å². The molecule has 4 atom stereocenters. The van der Waals surface area contributed by atoms with Crippen LogP contribution in [0.2, 0.25) is 5.02 Å². The molecule has 2 nitrogen and oxygen atoms in total. The summed E-state index contributed by atoms with van der Waals surface area (Å²) in [6.07, 6.45) is 1.15. The molecule has 0 aliphatic carbocycles. The minimum atomic E-state index is 0.329. The highest BCUT2D eigenvalue weighted by atomic mass is 35.5. The first-order chi connectivity index (χ1) is 11.6. The Morgan fingerprint density at radius 1 is 1.04 bits per heavy atom. The zero-order chi connectivity index (χ0) is 16.9. The van der Waals surface area contributed by atoms with E-state index in [1.165, 1.54) is 11.1 Å². The molecule has 0 aromatic heterocycles. The Labute approximate surface area is 150 Å². The fourth-order valence-corrected chi connectivity index (χ4v) is 3.97. The maximum Gasteiger partial charge on any atom is 0.0406 e. The molecule has 0 amide bonds. The monoisotopic (exact) mass is 342 g/mol. The summed E-state index contributed by atoms with van der Waals surface area (Å²) in [6, 6.07) is 19.8. The second-order valence-corrected chi connectivity index (χ2v) is 7.44. The third-order valence-electron chi connectivity index (χ3n) is 5.26. The predicted molar refractivity (Wildman–Crippen MR) is 102 cm³/mol. The van der Waals surface area contributed by atoms with Crippen LogP contribution in [0.5, 0.6) is 0 Å². The molecule has 2 aromatic rings. The summed E-state index contributed by atoms with van der Waals surface area (Å²) in [6.45, 7) is 6.76. The summed E-state index contributed by atoms with van der Waals surface area (Å²) < 4.78 is 0. The topological polar surface area (TPSA) is 24.1 Å². The average Bonchev–Trinajstić information content (AvgIpc) is 3.04. The molecule has 0 spiro atoms. The Morgan fingerprint density at radius 2 is 1.75 bits per heavy atom. The summed E-state index contributed by atoms with van der Waals surface area (Å²) in [5, 5.41) is 8.17. The number of halogens is 1. The van der Waals surface area contributed by atoms with Crippen molar-refractivity contribution < 1.29 is 0 Å². The lowest BCUT2D eigenvalue weighted by molar-refractivity contribution is 0.299. The third kappa shape index (κ3) is 4.38. The molecule has 2 N–H and O–H groups in total. The second kappa shape index (κ2) is 8.15. The Balaban J connectivity index is 1.60. The number of nitrogens with one attached hydrogen (secondary N) is 2. The van der Waals surface area contributed by atoms with E-state index >= 15 is 0 Å². The molecule has 1 aliphatic rings. The van der Waals surface area contributed by atoms with Crippen LogP contribution < -0.4 is 10.6 Å². The normalized spacial score (nSPS) is 23.1. The van der Waals surface area contributed by atoms with Crippen LogP contribution in [0.1, 0.15) is 31.0 Å². The van der Waals surface area contributed by atoms with Crippen LogP contribution in [0.15, 0.2) is 54.6 Å². The largest absolute Gasteiger partial charge is 0.316 e. The molecule has 1 saturated heterocycles.